The van der Waals surface area contributed by atoms with Crippen molar-refractivity contribution in [1.82, 2.24) is 4.90 Å². The van der Waals surface area contributed by atoms with E-state index in [0.29, 0.717) is 28.7 Å². The Morgan fingerprint density at radius 2 is 1.84 bits per heavy atom. The third kappa shape index (κ3) is 2.18. The normalized spacial score (nSPS) is 30.7. The largest absolute Gasteiger partial charge is 0.497 e. The van der Waals surface area contributed by atoms with Crippen molar-refractivity contribution in [2.45, 2.75) is 31.3 Å². The van der Waals surface area contributed by atoms with Crippen LogP contribution in [-0.2, 0) is 19.9 Å². The molecule has 8 heteroatoms. The number of imide groups is 1. The summed E-state index contributed by atoms with van der Waals surface area (Å²) in [6.07, 6.45) is 1.67. The van der Waals surface area contributed by atoms with Crippen molar-refractivity contribution < 1.29 is 19.1 Å². The first-order valence-electron chi connectivity index (χ1n) is 10.8. The summed E-state index contributed by atoms with van der Waals surface area (Å²) < 4.78 is 5.21. The van der Waals surface area contributed by atoms with Gasteiger partial charge in [-0.2, -0.15) is 0 Å². The molecule has 3 amide bonds. The molecular weight excluding hydrogens is 430 g/mol. The second kappa shape index (κ2) is 6.56. The molecule has 164 valence electrons. The first kappa shape index (κ1) is 19.8. The highest BCUT2D eigenvalue weighted by Gasteiger charge is 2.74. The number of rotatable bonds is 2. The molecule has 2 aromatic carbocycles. The number of nitrogens with one attached hydrogen (secondary N) is 1. The van der Waals surface area contributed by atoms with Crippen LogP contribution in [0.3, 0.4) is 0 Å². The van der Waals surface area contributed by atoms with Crippen LogP contribution >= 0.6 is 11.6 Å². The highest BCUT2D eigenvalue weighted by Crippen LogP contribution is 2.61. The van der Waals surface area contributed by atoms with Crippen molar-refractivity contribution in [1.29, 1.82) is 0 Å². The molecule has 4 atom stereocenters. The highest BCUT2D eigenvalue weighted by molar-refractivity contribution is 6.32. The van der Waals surface area contributed by atoms with Crippen LogP contribution in [-0.4, -0.2) is 42.3 Å². The average molecular weight is 452 g/mol. The van der Waals surface area contributed by atoms with Crippen molar-refractivity contribution in [2.24, 2.45) is 11.8 Å². The zero-order valence-electron chi connectivity index (χ0n) is 17.7. The van der Waals surface area contributed by atoms with Crippen LogP contribution in [0.5, 0.6) is 5.75 Å². The zero-order valence-corrected chi connectivity index (χ0v) is 18.5. The molecule has 4 heterocycles. The molecule has 3 fully saturated rings. The van der Waals surface area contributed by atoms with Crippen LogP contribution in [0.15, 0.2) is 36.4 Å². The molecule has 0 saturated carbocycles. The molecule has 3 saturated heterocycles. The van der Waals surface area contributed by atoms with Gasteiger partial charge in [0.15, 0.2) is 0 Å². The van der Waals surface area contributed by atoms with Gasteiger partial charge in [-0.15, -0.1) is 0 Å². The minimum absolute atomic E-state index is 0.146. The number of benzene rings is 2. The number of amides is 3. The van der Waals surface area contributed by atoms with Crippen molar-refractivity contribution in [3.8, 4) is 5.75 Å². The molecule has 32 heavy (non-hydrogen) atoms. The monoisotopic (exact) mass is 451 g/mol. The van der Waals surface area contributed by atoms with Gasteiger partial charge in [0.2, 0.25) is 17.7 Å². The predicted molar refractivity (Wildman–Crippen MR) is 119 cm³/mol. The second-order valence-corrected chi connectivity index (χ2v) is 9.34. The average Bonchev–Trinajstić information content (AvgIpc) is 3.50. The summed E-state index contributed by atoms with van der Waals surface area (Å²) in [6, 6.07) is 10.3. The maximum Gasteiger partial charge on any atom is 0.250 e. The maximum atomic E-state index is 13.9. The summed E-state index contributed by atoms with van der Waals surface area (Å²) in [7, 11) is 1.56. The smallest absolute Gasteiger partial charge is 0.250 e. The van der Waals surface area contributed by atoms with E-state index in [-0.39, 0.29) is 23.8 Å². The molecule has 0 radical (unpaired) electrons. The Kier molecular flexibility index (Phi) is 4.05. The lowest BCUT2D eigenvalue weighted by Crippen LogP contribution is -2.54. The number of methoxy groups -OCH3 is 1. The van der Waals surface area contributed by atoms with Gasteiger partial charge in [0.25, 0.3) is 0 Å². The van der Waals surface area contributed by atoms with E-state index in [1.54, 1.807) is 37.4 Å². The molecular formula is C24H22ClN3O4. The first-order valence-corrected chi connectivity index (χ1v) is 11.2. The lowest BCUT2D eigenvalue weighted by Gasteiger charge is -2.36. The van der Waals surface area contributed by atoms with E-state index in [0.717, 1.165) is 24.0 Å². The Morgan fingerprint density at radius 3 is 2.56 bits per heavy atom. The van der Waals surface area contributed by atoms with E-state index in [9.17, 15) is 14.4 Å². The van der Waals surface area contributed by atoms with Gasteiger partial charge < -0.3 is 10.1 Å². The molecule has 4 aliphatic heterocycles. The van der Waals surface area contributed by atoms with Crippen LogP contribution < -0.4 is 15.0 Å². The fraction of sp³-hybridized carbons (Fsp3) is 0.375. The third-order valence-electron chi connectivity index (χ3n) is 7.69. The topological polar surface area (TPSA) is 79.0 Å². The number of ether oxygens (including phenoxy) is 1. The van der Waals surface area contributed by atoms with E-state index >= 15 is 0 Å². The molecule has 4 aliphatic rings. The van der Waals surface area contributed by atoms with E-state index in [1.165, 1.54) is 4.90 Å². The van der Waals surface area contributed by atoms with Crippen molar-refractivity contribution in [3.05, 3.63) is 52.5 Å². The maximum absolute atomic E-state index is 13.9. The lowest BCUT2D eigenvalue weighted by molar-refractivity contribution is -0.135. The zero-order chi connectivity index (χ0) is 22.4. The third-order valence-corrected chi connectivity index (χ3v) is 8.10. The summed E-state index contributed by atoms with van der Waals surface area (Å²) in [5, 5.41) is 3.56. The number of fused-ring (bicyclic) bond motifs is 7. The van der Waals surface area contributed by atoms with Crippen LogP contribution in [0.1, 0.15) is 24.0 Å². The molecule has 0 aliphatic carbocycles. The van der Waals surface area contributed by atoms with Crippen molar-refractivity contribution in [3.63, 3.8) is 0 Å². The number of hydrogen-bond donors (Lipinski definition) is 1. The quantitative estimate of drug-likeness (QED) is 0.710. The van der Waals surface area contributed by atoms with Gasteiger partial charge in [-0.1, -0.05) is 17.7 Å². The molecule has 2 aromatic rings. The van der Waals surface area contributed by atoms with Gasteiger partial charge in [-0.05, 0) is 62.2 Å². The van der Waals surface area contributed by atoms with Gasteiger partial charge in [-0.25, -0.2) is 4.90 Å². The molecule has 1 spiro atoms. The summed E-state index contributed by atoms with van der Waals surface area (Å²) in [5.41, 5.74) is 1.50. The van der Waals surface area contributed by atoms with Crippen LogP contribution in [0.2, 0.25) is 5.02 Å². The number of carbonyl (C=O) groups is 3. The second-order valence-electron chi connectivity index (χ2n) is 8.93. The Labute approximate surface area is 190 Å². The highest BCUT2D eigenvalue weighted by atomic mass is 35.5. The summed E-state index contributed by atoms with van der Waals surface area (Å²) in [4.78, 5) is 44.6. The molecule has 0 unspecified atom stereocenters. The molecule has 6 rings (SSSR count). The van der Waals surface area contributed by atoms with Gasteiger partial charge >= 0.3 is 0 Å². The molecule has 7 nitrogen and oxygen atoms in total. The van der Waals surface area contributed by atoms with Gasteiger partial charge in [0.05, 0.1) is 30.3 Å². The number of halogens is 1. The van der Waals surface area contributed by atoms with Crippen LogP contribution in [0.4, 0.5) is 11.4 Å². The minimum atomic E-state index is -1.19. The van der Waals surface area contributed by atoms with Crippen LogP contribution in [0.25, 0.3) is 0 Å². The van der Waals surface area contributed by atoms with Crippen molar-refractivity contribution >= 4 is 40.7 Å². The summed E-state index contributed by atoms with van der Waals surface area (Å²) in [6.45, 7) is 2.54. The number of carbonyl (C=O) groups excluding carboxylic acids is 3. The predicted octanol–water partition coefficient (Wildman–Crippen LogP) is 3.09. The summed E-state index contributed by atoms with van der Waals surface area (Å²) in [5.74, 6) is -1.48. The standard InChI is InChI=1S/C24H22ClN3O4/c1-12-16(25)10-9-15-20(12)26-23(31)24(15)19-18(17-4-3-11-27(17)24)21(29)28(22(19)30)13-5-7-14(32-2)8-6-13/h5-10,17-19H,3-4,11H2,1-2H3,(H,26,31)/t17-,18-,19-,24+/m1/s1. The summed E-state index contributed by atoms with van der Waals surface area (Å²) >= 11 is 6.33. The Bertz CT molecular complexity index is 1200. The van der Waals surface area contributed by atoms with E-state index in [2.05, 4.69) is 10.2 Å². The number of anilines is 2. The molecule has 0 aromatic heterocycles. The van der Waals surface area contributed by atoms with E-state index in [1.807, 2.05) is 13.0 Å². The SMILES string of the molecule is COc1ccc(N2C(=O)[C@@H]3[C@H]4CCCN4[C@]4(C(=O)Nc5c4ccc(Cl)c5C)[C@H]3C2=O)cc1. The fourth-order valence-corrected chi connectivity index (χ4v) is 6.53. The molecule has 1 N–H and O–H groups in total. The Balaban J connectivity index is 1.53. The van der Waals surface area contributed by atoms with E-state index in [4.69, 9.17) is 16.3 Å². The Hall–Kier alpha value is -2.90. The van der Waals surface area contributed by atoms with Gasteiger partial charge in [-0.3, -0.25) is 19.3 Å². The Morgan fingerprint density at radius 1 is 1.09 bits per heavy atom. The van der Waals surface area contributed by atoms with Crippen molar-refractivity contribution in [2.75, 3.05) is 23.9 Å². The first-order chi connectivity index (χ1) is 15.4. The fourth-order valence-electron chi connectivity index (χ4n) is 6.38. The number of nitrogens with zero attached hydrogens (tertiary/aromatic N) is 2. The van der Waals surface area contributed by atoms with Gasteiger partial charge in [0.1, 0.15) is 11.3 Å². The van der Waals surface area contributed by atoms with Crippen LogP contribution in [0, 0.1) is 18.8 Å². The number of hydrogen-bond acceptors (Lipinski definition) is 5. The van der Waals surface area contributed by atoms with E-state index < -0.39 is 17.4 Å². The minimum Gasteiger partial charge on any atom is -0.497 e. The lowest BCUT2D eigenvalue weighted by atomic mass is 9.75. The molecule has 0 bridgehead atoms. The van der Waals surface area contributed by atoms with Gasteiger partial charge in [0, 0.05) is 16.6 Å².